The largest absolute Gasteiger partial charge is 0.496 e. The summed E-state index contributed by atoms with van der Waals surface area (Å²) in [6.07, 6.45) is 1.46. The number of hydrogen-bond acceptors (Lipinski definition) is 3. The van der Waals surface area contributed by atoms with E-state index in [9.17, 15) is 4.79 Å². The number of piperidine rings is 1. The molecule has 0 atom stereocenters. The van der Waals surface area contributed by atoms with E-state index < -0.39 is 0 Å². The number of rotatable bonds is 2. The van der Waals surface area contributed by atoms with Crippen molar-refractivity contribution in [2.24, 2.45) is 5.41 Å². The molecule has 0 saturated carbocycles. The van der Waals surface area contributed by atoms with Gasteiger partial charge in [-0.2, -0.15) is 5.26 Å². The Morgan fingerprint density at radius 1 is 1.45 bits per heavy atom. The van der Waals surface area contributed by atoms with Crippen LogP contribution >= 0.6 is 15.9 Å². The number of likely N-dealkylation sites (tertiary alicyclic amines) is 1. The van der Waals surface area contributed by atoms with Gasteiger partial charge in [-0.1, -0.05) is 0 Å². The first-order chi connectivity index (χ1) is 9.49. The second-order valence-electron chi connectivity index (χ2n) is 5.31. The number of ether oxygens (including phenoxy) is 1. The second-order valence-corrected chi connectivity index (χ2v) is 6.17. The van der Waals surface area contributed by atoms with E-state index in [1.54, 1.807) is 25.3 Å². The van der Waals surface area contributed by atoms with Crippen LogP contribution < -0.4 is 4.74 Å². The van der Waals surface area contributed by atoms with Crippen molar-refractivity contribution >= 4 is 21.8 Å². The Balaban J connectivity index is 2.10. The zero-order valence-corrected chi connectivity index (χ0v) is 13.2. The minimum atomic E-state index is -0.294. The summed E-state index contributed by atoms with van der Waals surface area (Å²) in [6.45, 7) is 3.22. The molecule has 0 spiro atoms. The Kier molecular flexibility index (Phi) is 4.34. The third-order valence-corrected chi connectivity index (χ3v) is 4.44. The number of carbonyl (C=O) groups is 1. The van der Waals surface area contributed by atoms with Crippen molar-refractivity contribution in [3.8, 4) is 11.8 Å². The van der Waals surface area contributed by atoms with E-state index >= 15 is 0 Å². The van der Waals surface area contributed by atoms with Gasteiger partial charge in [-0.3, -0.25) is 4.79 Å². The molecule has 1 aliphatic rings. The highest BCUT2D eigenvalue weighted by Gasteiger charge is 2.32. The van der Waals surface area contributed by atoms with Crippen molar-refractivity contribution in [1.29, 1.82) is 5.26 Å². The lowest BCUT2D eigenvalue weighted by Gasteiger charge is -2.35. The molecule has 0 N–H and O–H groups in total. The van der Waals surface area contributed by atoms with E-state index in [0.29, 0.717) is 24.4 Å². The number of carbonyl (C=O) groups excluding carboxylic acids is 1. The number of halogens is 1. The van der Waals surface area contributed by atoms with Gasteiger partial charge in [0, 0.05) is 18.7 Å². The predicted octanol–water partition coefficient (Wildman–Crippen LogP) is 3.22. The van der Waals surface area contributed by atoms with Gasteiger partial charge in [-0.15, -0.1) is 0 Å². The average molecular weight is 337 g/mol. The summed E-state index contributed by atoms with van der Waals surface area (Å²) in [7, 11) is 1.59. The van der Waals surface area contributed by atoms with Gasteiger partial charge in [0.2, 0.25) is 0 Å². The molecule has 1 aromatic rings. The number of hydrogen-bond donors (Lipinski definition) is 0. The summed E-state index contributed by atoms with van der Waals surface area (Å²) in [5.74, 6) is 0.714. The molecule has 0 bridgehead atoms. The summed E-state index contributed by atoms with van der Waals surface area (Å²) < 4.78 is 5.93. The smallest absolute Gasteiger partial charge is 0.253 e. The van der Waals surface area contributed by atoms with Crippen molar-refractivity contribution in [3.05, 3.63) is 28.2 Å². The molecule has 1 heterocycles. The molecule has 2 rings (SSSR count). The zero-order chi connectivity index (χ0) is 14.8. The summed E-state index contributed by atoms with van der Waals surface area (Å²) >= 11 is 3.39. The Bertz CT molecular complexity index is 557. The molecule has 106 valence electrons. The van der Waals surface area contributed by atoms with Gasteiger partial charge < -0.3 is 9.64 Å². The molecule has 1 amide bonds. The van der Waals surface area contributed by atoms with Crippen LogP contribution in [0.5, 0.6) is 5.75 Å². The fraction of sp³-hybridized carbons (Fsp3) is 0.467. The molecule has 1 fully saturated rings. The van der Waals surface area contributed by atoms with Crippen molar-refractivity contribution < 1.29 is 9.53 Å². The first-order valence-electron chi connectivity index (χ1n) is 6.53. The van der Waals surface area contributed by atoms with Gasteiger partial charge in [-0.25, -0.2) is 0 Å². The standard InChI is InChI=1S/C15H17BrN2O2/c1-15(10-17)5-7-18(8-6-15)14(19)11-3-4-13(20-2)12(16)9-11/h3-4,9H,5-8H2,1-2H3. The molecule has 4 nitrogen and oxygen atoms in total. The molecule has 1 saturated heterocycles. The molecule has 0 radical (unpaired) electrons. The summed E-state index contributed by atoms with van der Waals surface area (Å²) in [6, 6.07) is 7.67. The highest BCUT2D eigenvalue weighted by atomic mass is 79.9. The van der Waals surface area contributed by atoms with E-state index in [4.69, 9.17) is 10.00 Å². The molecule has 1 aliphatic heterocycles. The van der Waals surface area contributed by atoms with Gasteiger partial charge in [-0.05, 0) is 53.9 Å². The Hall–Kier alpha value is -1.54. The lowest BCUT2D eigenvalue weighted by atomic mass is 9.82. The van der Waals surface area contributed by atoms with Crippen LogP contribution in [0, 0.1) is 16.7 Å². The minimum absolute atomic E-state index is 0.00772. The van der Waals surface area contributed by atoms with Crippen LogP contribution in [-0.2, 0) is 0 Å². The molecule has 0 aliphatic carbocycles. The van der Waals surface area contributed by atoms with E-state index in [1.807, 2.05) is 11.8 Å². The topological polar surface area (TPSA) is 53.3 Å². The molecule has 0 aromatic heterocycles. The molecule has 5 heteroatoms. The quantitative estimate of drug-likeness (QED) is 0.833. The van der Waals surface area contributed by atoms with Crippen LogP contribution in [0.3, 0.4) is 0 Å². The Labute approximate surface area is 127 Å². The maximum atomic E-state index is 12.4. The van der Waals surface area contributed by atoms with Gasteiger partial charge >= 0.3 is 0 Å². The third kappa shape index (κ3) is 2.96. The van der Waals surface area contributed by atoms with Gasteiger partial charge in [0.05, 0.1) is 23.1 Å². The first-order valence-corrected chi connectivity index (χ1v) is 7.32. The van der Waals surface area contributed by atoms with Crippen molar-refractivity contribution in [2.75, 3.05) is 20.2 Å². The van der Waals surface area contributed by atoms with Crippen molar-refractivity contribution in [3.63, 3.8) is 0 Å². The maximum absolute atomic E-state index is 12.4. The summed E-state index contributed by atoms with van der Waals surface area (Å²) in [4.78, 5) is 14.2. The first kappa shape index (κ1) is 14.9. The van der Waals surface area contributed by atoms with Crippen LogP contribution in [0.25, 0.3) is 0 Å². The summed E-state index contributed by atoms with van der Waals surface area (Å²) in [5.41, 5.74) is 0.343. The number of nitrogens with zero attached hydrogens (tertiary/aromatic N) is 2. The van der Waals surface area contributed by atoms with Crippen molar-refractivity contribution in [1.82, 2.24) is 4.90 Å². The van der Waals surface area contributed by atoms with Gasteiger partial charge in [0.1, 0.15) is 5.75 Å². The van der Waals surface area contributed by atoms with E-state index in [2.05, 4.69) is 22.0 Å². The lowest BCUT2D eigenvalue weighted by Crippen LogP contribution is -2.41. The monoisotopic (exact) mass is 336 g/mol. The predicted molar refractivity (Wildman–Crippen MR) is 79.6 cm³/mol. The molecular weight excluding hydrogens is 320 g/mol. The SMILES string of the molecule is COc1ccc(C(=O)N2CCC(C)(C#N)CC2)cc1Br. The number of benzene rings is 1. The fourth-order valence-corrected chi connectivity index (χ4v) is 2.84. The highest BCUT2D eigenvalue weighted by Crippen LogP contribution is 2.31. The van der Waals surface area contributed by atoms with E-state index in [1.165, 1.54) is 0 Å². The minimum Gasteiger partial charge on any atom is -0.496 e. The fourth-order valence-electron chi connectivity index (χ4n) is 2.30. The van der Waals surface area contributed by atoms with E-state index in [0.717, 1.165) is 17.3 Å². The van der Waals surface area contributed by atoms with Crippen LogP contribution in [0.4, 0.5) is 0 Å². The van der Waals surface area contributed by atoms with Crippen molar-refractivity contribution in [2.45, 2.75) is 19.8 Å². The lowest BCUT2D eigenvalue weighted by molar-refractivity contribution is 0.0661. The van der Waals surface area contributed by atoms with Crippen LogP contribution in [0.2, 0.25) is 0 Å². The van der Waals surface area contributed by atoms with E-state index in [-0.39, 0.29) is 11.3 Å². The van der Waals surface area contributed by atoms with Gasteiger partial charge in [0.15, 0.2) is 0 Å². The Morgan fingerprint density at radius 3 is 2.60 bits per heavy atom. The number of methoxy groups -OCH3 is 1. The number of nitriles is 1. The Morgan fingerprint density at radius 2 is 2.10 bits per heavy atom. The van der Waals surface area contributed by atoms with Gasteiger partial charge in [0.25, 0.3) is 5.91 Å². The molecule has 0 unspecified atom stereocenters. The van der Waals surface area contributed by atoms with Crippen LogP contribution in [-0.4, -0.2) is 31.0 Å². The molecule has 20 heavy (non-hydrogen) atoms. The summed E-state index contributed by atoms with van der Waals surface area (Å²) in [5, 5.41) is 9.11. The highest BCUT2D eigenvalue weighted by molar-refractivity contribution is 9.10. The molecular formula is C15H17BrN2O2. The average Bonchev–Trinajstić information content (AvgIpc) is 2.47. The normalized spacial score (nSPS) is 17.4. The third-order valence-electron chi connectivity index (χ3n) is 3.82. The van der Waals surface area contributed by atoms with Crippen LogP contribution in [0.1, 0.15) is 30.1 Å². The second kappa shape index (κ2) is 5.84. The van der Waals surface area contributed by atoms with Crippen LogP contribution in [0.15, 0.2) is 22.7 Å². The maximum Gasteiger partial charge on any atom is 0.253 e. The molecule has 1 aromatic carbocycles. The zero-order valence-electron chi connectivity index (χ0n) is 11.6. The number of amides is 1.